The second-order valence-corrected chi connectivity index (χ2v) is 8.21. The van der Waals surface area contributed by atoms with Crippen molar-refractivity contribution in [1.82, 2.24) is 20.3 Å². The fourth-order valence-electron chi connectivity index (χ4n) is 2.76. The third kappa shape index (κ3) is 4.26. The first-order valence-corrected chi connectivity index (χ1v) is 9.04. The molecule has 1 saturated heterocycles. The Balaban J connectivity index is 1.55. The van der Waals surface area contributed by atoms with Gasteiger partial charge < -0.3 is 10.2 Å². The minimum absolute atomic E-state index is 0.134. The lowest BCUT2D eigenvalue weighted by Crippen LogP contribution is -2.46. The van der Waals surface area contributed by atoms with E-state index in [1.54, 1.807) is 0 Å². The van der Waals surface area contributed by atoms with Crippen molar-refractivity contribution in [2.24, 2.45) is 0 Å². The molecule has 0 bridgehead atoms. The normalized spacial score (nSPS) is 19.1. The van der Waals surface area contributed by atoms with Crippen molar-refractivity contribution >= 4 is 17.3 Å². The van der Waals surface area contributed by atoms with Crippen LogP contribution in [-0.2, 0) is 12.0 Å². The predicted molar refractivity (Wildman–Crippen MR) is 94.9 cm³/mol. The smallest absolute Gasteiger partial charge is 0.225 e. The third-order valence-corrected chi connectivity index (χ3v) is 5.44. The highest BCUT2D eigenvalue weighted by Crippen LogP contribution is 2.27. The second-order valence-electron chi connectivity index (χ2n) is 7.10. The van der Waals surface area contributed by atoms with Crippen LogP contribution in [0.2, 0.25) is 0 Å². The van der Waals surface area contributed by atoms with Gasteiger partial charge in [-0.1, -0.05) is 20.8 Å². The van der Waals surface area contributed by atoms with Crippen LogP contribution in [0.4, 0.5) is 5.95 Å². The maximum atomic E-state index is 4.56. The largest absolute Gasteiger partial charge is 0.339 e. The number of nitrogens with one attached hydrogen (secondary N) is 1. The summed E-state index contributed by atoms with van der Waals surface area (Å²) < 4.78 is 0. The Morgan fingerprint density at radius 1 is 1.26 bits per heavy atom. The van der Waals surface area contributed by atoms with E-state index in [4.69, 9.17) is 0 Å². The fourth-order valence-corrected chi connectivity index (χ4v) is 3.68. The number of rotatable bonds is 4. The first kappa shape index (κ1) is 16.3. The van der Waals surface area contributed by atoms with Crippen LogP contribution in [0.1, 0.15) is 43.5 Å². The van der Waals surface area contributed by atoms with Crippen LogP contribution in [0, 0.1) is 0 Å². The molecule has 1 aliphatic heterocycles. The zero-order chi connectivity index (χ0) is 16.3. The van der Waals surface area contributed by atoms with E-state index in [2.05, 4.69) is 45.9 Å². The van der Waals surface area contributed by atoms with E-state index < -0.39 is 0 Å². The number of nitrogens with zero attached hydrogens (tertiary/aromatic N) is 4. The van der Waals surface area contributed by atoms with Gasteiger partial charge in [-0.25, -0.2) is 15.0 Å². The molecule has 3 rings (SSSR count). The van der Waals surface area contributed by atoms with Crippen LogP contribution >= 0.6 is 11.3 Å². The minimum Gasteiger partial charge on any atom is -0.339 e. The molecule has 23 heavy (non-hydrogen) atoms. The average Bonchev–Trinajstić information content (AvgIpc) is 3.03. The summed E-state index contributed by atoms with van der Waals surface area (Å²) in [7, 11) is 0. The van der Waals surface area contributed by atoms with Crippen LogP contribution in [0.3, 0.4) is 0 Å². The van der Waals surface area contributed by atoms with Crippen molar-refractivity contribution < 1.29 is 0 Å². The van der Waals surface area contributed by atoms with Crippen molar-refractivity contribution in [3.05, 3.63) is 34.5 Å². The summed E-state index contributed by atoms with van der Waals surface area (Å²) in [5.74, 6) is 0.840. The summed E-state index contributed by atoms with van der Waals surface area (Å²) in [6.07, 6.45) is 8.01. The van der Waals surface area contributed by atoms with E-state index >= 15 is 0 Å². The lowest BCUT2D eigenvalue weighted by atomic mass is 9.98. The van der Waals surface area contributed by atoms with Gasteiger partial charge in [-0.15, -0.1) is 11.3 Å². The molecular formula is C17H25N5S. The molecule has 0 aromatic carbocycles. The topological polar surface area (TPSA) is 53.9 Å². The van der Waals surface area contributed by atoms with Gasteiger partial charge in [0.15, 0.2) is 0 Å². The van der Waals surface area contributed by atoms with E-state index in [0.717, 1.165) is 25.6 Å². The van der Waals surface area contributed by atoms with E-state index in [-0.39, 0.29) is 5.41 Å². The molecule has 3 heterocycles. The highest BCUT2D eigenvalue weighted by molar-refractivity contribution is 7.11. The Kier molecular flexibility index (Phi) is 4.92. The molecule has 0 radical (unpaired) electrons. The molecule has 0 saturated carbocycles. The zero-order valence-corrected chi connectivity index (χ0v) is 14.9. The molecule has 2 aromatic rings. The summed E-state index contributed by atoms with van der Waals surface area (Å²) in [6.45, 7) is 9.53. The quantitative estimate of drug-likeness (QED) is 0.933. The van der Waals surface area contributed by atoms with Crippen molar-refractivity contribution in [3.63, 3.8) is 0 Å². The number of hydrogen-bond donors (Lipinski definition) is 1. The summed E-state index contributed by atoms with van der Waals surface area (Å²) in [6, 6.07) is 2.34. The summed E-state index contributed by atoms with van der Waals surface area (Å²) >= 11 is 1.81. The molecule has 1 atom stereocenters. The molecule has 2 aromatic heterocycles. The van der Waals surface area contributed by atoms with E-state index in [9.17, 15) is 0 Å². The second kappa shape index (κ2) is 6.93. The monoisotopic (exact) mass is 331 g/mol. The van der Waals surface area contributed by atoms with Gasteiger partial charge in [0.25, 0.3) is 0 Å². The van der Waals surface area contributed by atoms with Crippen molar-refractivity contribution in [2.75, 3.05) is 18.0 Å². The molecule has 0 amide bonds. The van der Waals surface area contributed by atoms with Gasteiger partial charge in [0.2, 0.25) is 5.95 Å². The van der Waals surface area contributed by atoms with Gasteiger partial charge in [0, 0.05) is 54.6 Å². The Labute approximate surface area is 142 Å². The Morgan fingerprint density at radius 2 is 2.04 bits per heavy atom. The van der Waals surface area contributed by atoms with Crippen molar-refractivity contribution in [3.8, 4) is 0 Å². The van der Waals surface area contributed by atoms with Gasteiger partial charge in [-0.3, -0.25) is 0 Å². The molecule has 124 valence electrons. The first-order chi connectivity index (χ1) is 11.0. The Hall–Kier alpha value is -1.53. The summed E-state index contributed by atoms with van der Waals surface area (Å²) in [4.78, 5) is 16.9. The summed E-state index contributed by atoms with van der Waals surface area (Å²) in [5, 5.41) is 4.88. The lowest BCUT2D eigenvalue weighted by Gasteiger charge is -2.33. The van der Waals surface area contributed by atoms with E-state index in [0.29, 0.717) is 6.04 Å². The highest BCUT2D eigenvalue weighted by atomic mass is 32.1. The molecule has 1 aliphatic rings. The van der Waals surface area contributed by atoms with Gasteiger partial charge in [0.1, 0.15) is 0 Å². The predicted octanol–water partition coefficient (Wildman–Crippen LogP) is 2.99. The maximum absolute atomic E-state index is 4.56. The minimum atomic E-state index is 0.134. The number of aromatic nitrogens is 3. The number of anilines is 1. The summed E-state index contributed by atoms with van der Waals surface area (Å²) in [5.41, 5.74) is 0.134. The standard InChI is InChI=1S/C17H25N5S/c1-17(2,3)15-21-11-14(23-15)10-20-13-6-4-9-22(12-13)16-18-7-5-8-19-16/h5,7-8,11,13,20H,4,6,9-10,12H2,1-3H3/t13-/m0/s1. The number of piperidine rings is 1. The van der Waals surface area contributed by atoms with Crippen LogP contribution in [0.5, 0.6) is 0 Å². The van der Waals surface area contributed by atoms with Gasteiger partial charge in [-0.2, -0.15) is 0 Å². The third-order valence-electron chi connectivity index (χ3n) is 4.02. The first-order valence-electron chi connectivity index (χ1n) is 8.23. The number of hydrogen-bond acceptors (Lipinski definition) is 6. The van der Waals surface area contributed by atoms with E-state index in [1.165, 1.54) is 22.7 Å². The van der Waals surface area contributed by atoms with Gasteiger partial charge in [0.05, 0.1) is 5.01 Å². The average molecular weight is 331 g/mol. The molecule has 0 aliphatic carbocycles. The molecule has 0 unspecified atom stereocenters. The highest BCUT2D eigenvalue weighted by Gasteiger charge is 2.22. The molecule has 1 fully saturated rings. The van der Waals surface area contributed by atoms with Crippen molar-refractivity contribution in [2.45, 2.75) is 51.6 Å². The van der Waals surface area contributed by atoms with Gasteiger partial charge in [-0.05, 0) is 18.9 Å². The maximum Gasteiger partial charge on any atom is 0.225 e. The van der Waals surface area contributed by atoms with E-state index in [1.807, 2.05) is 36.0 Å². The molecule has 6 heteroatoms. The van der Waals surface area contributed by atoms with Crippen molar-refractivity contribution in [1.29, 1.82) is 0 Å². The molecular weight excluding hydrogens is 306 g/mol. The fraction of sp³-hybridized carbons (Fsp3) is 0.588. The van der Waals surface area contributed by atoms with Crippen LogP contribution in [0.15, 0.2) is 24.7 Å². The lowest BCUT2D eigenvalue weighted by molar-refractivity contribution is 0.419. The van der Waals surface area contributed by atoms with Crippen LogP contribution < -0.4 is 10.2 Å². The van der Waals surface area contributed by atoms with Gasteiger partial charge >= 0.3 is 0 Å². The molecule has 1 N–H and O–H groups in total. The Morgan fingerprint density at radius 3 is 2.74 bits per heavy atom. The Bertz CT molecular complexity index is 619. The zero-order valence-electron chi connectivity index (χ0n) is 14.1. The molecule has 5 nitrogen and oxygen atoms in total. The number of thiazole rings is 1. The SMILES string of the molecule is CC(C)(C)c1ncc(CN[C@H]2CCCN(c3ncccn3)C2)s1. The van der Waals surface area contributed by atoms with Crippen LogP contribution in [-0.4, -0.2) is 34.1 Å². The molecule has 0 spiro atoms. The van der Waals surface area contributed by atoms with Crippen LogP contribution in [0.25, 0.3) is 0 Å².